The van der Waals surface area contributed by atoms with Crippen LogP contribution in [0.5, 0.6) is 0 Å². The summed E-state index contributed by atoms with van der Waals surface area (Å²) in [7, 11) is 0. The number of aryl methyl sites for hydroxylation is 2. The van der Waals surface area contributed by atoms with Crippen LogP contribution in [-0.4, -0.2) is 30.5 Å². The van der Waals surface area contributed by atoms with E-state index in [-0.39, 0.29) is 0 Å². The second-order valence-electron chi connectivity index (χ2n) is 7.44. The molecule has 27 heavy (non-hydrogen) atoms. The fourth-order valence-corrected chi connectivity index (χ4v) is 3.11. The van der Waals surface area contributed by atoms with Gasteiger partial charge >= 0.3 is 0 Å². The van der Waals surface area contributed by atoms with E-state index >= 15 is 0 Å². The molecule has 0 bridgehead atoms. The topological polar surface area (TPSA) is 83.3 Å². The summed E-state index contributed by atoms with van der Waals surface area (Å²) in [5.74, 6) is 0.520. The van der Waals surface area contributed by atoms with Crippen LogP contribution in [0.15, 0.2) is 36.8 Å². The van der Waals surface area contributed by atoms with Crippen molar-refractivity contribution in [3.8, 4) is 17.2 Å². The molecule has 4 heterocycles. The first kappa shape index (κ1) is 17.0. The highest BCUT2D eigenvalue weighted by Crippen LogP contribution is 2.28. The summed E-state index contributed by atoms with van der Waals surface area (Å²) in [6, 6.07) is 8.41. The van der Waals surface area contributed by atoms with Gasteiger partial charge in [0.05, 0.1) is 22.7 Å². The largest absolute Gasteiger partial charge is 0.351 e. The Hall–Kier alpha value is -3.40. The lowest BCUT2D eigenvalue weighted by Gasteiger charge is -2.16. The van der Waals surface area contributed by atoms with Crippen LogP contribution in [0.4, 0.5) is 5.95 Å². The zero-order valence-electron chi connectivity index (χ0n) is 15.9. The Morgan fingerprint density at radius 1 is 1.22 bits per heavy atom. The van der Waals surface area contributed by atoms with Crippen molar-refractivity contribution in [2.45, 2.75) is 27.7 Å². The van der Waals surface area contributed by atoms with E-state index in [4.69, 9.17) is 5.26 Å². The molecule has 0 atom stereocenters. The monoisotopic (exact) mass is 359 g/mol. The van der Waals surface area contributed by atoms with E-state index in [2.05, 4.69) is 43.1 Å². The van der Waals surface area contributed by atoms with Crippen molar-refractivity contribution in [3.63, 3.8) is 0 Å². The van der Waals surface area contributed by atoms with Crippen LogP contribution in [0.1, 0.15) is 25.2 Å². The Morgan fingerprint density at radius 3 is 2.81 bits per heavy atom. The summed E-state index contributed by atoms with van der Waals surface area (Å²) in [6.45, 7) is 8.26. The van der Waals surface area contributed by atoms with E-state index in [0.29, 0.717) is 12.5 Å². The van der Waals surface area contributed by atoms with E-state index in [1.807, 2.05) is 56.7 Å². The highest BCUT2D eigenvalue weighted by Gasteiger charge is 2.18. The number of anilines is 1. The maximum Gasteiger partial charge on any atom is 0.241 e. The molecule has 1 N–H and O–H groups in total. The highest BCUT2D eigenvalue weighted by atomic mass is 15.3. The minimum atomic E-state index is -0.480. The standard InChI is InChI=1S/C20H21N7/c1-13-9-22-17-6-5-15(10-26(13)17)16-7-8-27-18(16)14(2)24-19(25-27)23-12-20(3,4)11-21/h5-10H,12H2,1-4H3,(H,23,25). The molecule has 0 aliphatic rings. The highest BCUT2D eigenvalue weighted by molar-refractivity contribution is 5.82. The Bertz CT molecular complexity index is 1190. The number of hydrogen-bond donors (Lipinski definition) is 1. The smallest absolute Gasteiger partial charge is 0.241 e. The third-order valence-electron chi connectivity index (χ3n) is 4.68. The van der Waals surface area contributed by atoms with Gasteiger partial charge in [0.2, 0.25) is 5.95 Å². The van der Waals surface area contributed by atoms with E-state index in [9.17, 15) is 0 Å². The first-order valence-corrected chi connectivity index (χ1v) is 8.83. The fraction of sp³-hybridized carbons (Fsp3) is 0.300. The van der Waals surface area contributed by atoms with Crippen LogP contribution in [-0.2, 0) is 0 Å². The van der Waals surface area contributed by atoms with E-state index < -0.39 is 5.41 Å². The van der Waals surface area contributed by atoms with Crippen molar-refractivity contribution < 1.29 is 0 Å². The molecular formula is C20H21N7. The van der Waals surface area contributed by atoms with E-state index in [0.717, 1.165) is 33.7 Å². The molecule has 4 aromatic heterocycles. The first-order chi connectivity index (χ1) is 12.9. The van der Waals surface area contributed by atoms with Gasteiger partial charge in [0, 0.05) is 42.0 Å². The first-order valence-electron chi connectivity index (χ1n) is 8.83. The molecule has 7 heteroatoms. The van der Waals surface area contributed by atoms with Crippen LogP contribution in [0.25, 0.3) is 22.3 Å². The molecule has 0 radical (unpaired) electrons. The minimum Gasteiger partial charge on any atom is -0.351 e. The average molecular weight is 359 g/mol. The van der Waals surface area contributed by atoms with Crippen LogP contribution >= 0.6 is 0 Å². The Kier molecular flexibility index (Phi) is 3.84. The normalized spacial score (nSPS) is 11.8. The van der Waals surface area contributed by atoms with Gasteiger partial charge < -0.3 is 9.72 Å². The molecule has 0 saturated heterocycles. The van der Waals surface area contributed by atoms with Crippen LogP contribution in [0.3, 0.4) is 0 Å². The van der Waals surface area contributed by atoms with Gasteiger partial charge in [0.15, 0.2) is 0 Å². The van der Waals surface area contributed by atoms with Gasteiger partial charge in [-0.25, -0.2) is 14.5 Å². The minimum absolute atomic E-state index is 0.480. The lowest BCUT2D eigenvalue weighted by Crippen LogP contribution is -2.22. The SMILES string of the molecule is Cc1nc(NCC(C)(C)C#N)nn2ccc(-c3ccc4ncc(C)n4c3)c12. The molecule has 136 valence electrons. The van der Waals surface area contributed by atoms with Crippen molar-refractivity contribution in [2.24, 2.45) is 5.41 Å². The summed E-state index contributed by atoms with van der Waals surface area (Å²) in [4.78, 5) is 8.98. The summed E-state index contributed by atoms with van der Waals surface area (Å²) >= 11 is 0. The Morgan fingerprint density at radius 2 is 2.04 bits per heavy atom. The zero-order valence-corrected chi connectivity index (χ0v) is 15.9. The predicted molar refractivity (Wildman–Crippen MR) is 105 cm³/mol. The molecular weight excluding hydrogens is 338 g/mol. The van der Waals surface area contributed by atoms with Crippen LogP contribution in [0.2, 0.25) is 0 Å². The van der Waals surface area contributed by atoms with Gasteiger partial charge in [-0.3, -0.25) is 0 Å². The third-order valence-corrected chi connectivity index (χ3v) is 4.68. The number of pyridine rings is 1. The van der Waals surface area contributed by atoms with Crippen molar-refractivity contribution in [3.05, 3.63) is 48.2 Å². The maximum atomic E-state index is 9.16. The van der Waals surface area contributed by atoms with Gasteiger partial charge in [0.25, 0.3) is 0 Å². The number of imidazole rings is 1. The van der Waals surface area contributed by atoms with Crippen LogP contribution in [0, 0.1) is 30.6 Å². The summed E-state index contributed by atoms with van der Waals surface area (Å²) in [6.07, 6.45) is 5.89. The number of hydrogen-bond acceptors (Lipinski definition) is 5. The second-order valence-corrected chi connectivity index (χ2v) is 7.44. The van der Waals surface area contributed by atoms with Crippen molar-refractivity contribution in [1.82, 2.24) is 24.0 Å². The number of fused-ring (bicyclic) bond motifs is 2. The summed E-state index contributed by atoms with van der Waals surface area (Å²) in [5, 5.41) is 16.9. The van der Waals surface area contributed by atoms with Gasteiger partial charge in [-0.2, -0.15) is 5.26 Å². The van der Waals surface area contributed by atoms with Crippen LogP contribution < -0.4 is 5.32 Å². The van der Waals surface area contributed by atoms with Gasteiger partial charge in [-0.05, 0) is 45.9 Å². The number of nitriles is 1. The summed E-state index contributed by atoms with van der Waals surface area (Å²) in [5.41, 5.74) is 5.55. The quantitative estimate of drug-likeness (QED) is 0.602. The zero-order chi connectivity index (χ0) is 19.2. The lowest BCUT2D eigenvalue weighted by atomic mass is 9.96. The van der Waals surface area contributed by atoms with Gasteiger partial charge in [-0.15, -0.1) is 5.10 Å². The van der Waals surface area contributed by atoms with E-state index in [1.165, 1.54) is 0 Å². The lowest BCUT2D eigenvalue weighted by molar-refractivity contribution is 0.526. The second kappa shape index (κ2) is 6.09. The van der Waals surface area contributed by atoms with Gasteiger partial charge in [0.1, 0.15) is 5.65 Å². The molecule has 0 amide bonds. The predicted octanol–water partition coefficient (Wildman–Crippen LogP) is 3.62. The summed E-state index contributed by atoms with van der Waals surface area (Å²) < 4.78 is 3.92. The fourth-order valence-electron chi connectivity index (χ4n) is 3.11. The molecule has 0 fully saturated rings. The molecule has 0 spiro atoms. The average Bonchev–Trinajstić information content (AvgIpc) is 3.24. The number of aromatic nitrogens is 5. The third kappa shape index (κ3) is 2.99. The maximum absolute atomic E-state index is 9.16. The number of nitrogens with one attached hydrogen (secondary N) is 1. The van der Waals surface area contributed by atoms with Crippen molar-refractivity contribution in [2.75, 3.05) is 11.9 Å². The number of rotatable bonds is 4. The molecule has 4 rings (SSSR count). The molecule has 0 saturated carbocycles. The molecule has 0 aromatic carbocycles. The van der Waals surface area contributed by atoms with Crippen molar-refractivity contribution >= 4 is 17.1 Å². The number of nitrogens with zero attached hydrogens (tertiary/aromatic N) is 6. The molecule has 7 nitrogen and oxygen atoms in total. The molecule has 0 aliphatic carbocycles. The Labute approximate surface area is 157 Å². The van der Waals surface area contributed by atoms with Gasteiger partial charge in [-0.1, -0.05) is 0 Å². The van der Waals surface area contributed by atoms with Crippen molar-refractivity contribution in [1.29, 1.82) is 5.26 Å². The van der Waals surface area contributed by atoms with E-state index in [1.54, 1.807) is 0 Å². The molecule has 0 aliphatic heterocycles. The molecule has 4 aromatic rings. The molecule has 0 unspecified atom stereocenters. The Balaban J connectivity index is 1.75.